The number of carbonyl (C=O) groups excluding carboxylic acids is 1. The molecule has 1 aliphatic rings. The Labute approximate surface area is 108 Å². The van der Waals surface area contributed by atoms with Crippen LogP contribution in [0.15, 0.2) is 18.6 Å². The third kappa shape index (κ3) is 3.26. The van der Waals surface area contributed by atoms with Gasteiger partial charge >= 0.3 is 0 Å². The number of aromatic nitrogens is 2. The van der Waals surface area contributed by atoms with Crippen LogP contribution in [0.1, 0.15) is 36.7 Å². The number of nitrogens with zero attached hydrogens (tertiary/aromatic N) is 3. The SMILES string of the molecule is CCCN(CC1CCCN1)C(=O)c1cnccn1. The fourth-order valence-corrected chi connectivity index (χ4v) is 2.30. The molecule has 0 aromatic carbocycles. The topological polar surface area (TPSA) is 58.1 Å². The molecule has 1 aromatic rings. The molecule has 0 radical (unpaired) electrons. The van der Waals surface area contributed by atoms with Crippen LogP contribution in [0.25, 0.3) is 0 Å². The van der Waals surface area contributed by atoms with Crippen molar-refractivity contribution in [2.45, 2.75) is 32.2 Å². The largest absolute Gasteiger partial charge is 0.336 e. The van der Waals surface area contributed by atoms with Crippen LogP contribution in [0.2, 0.25) is 0 Å². The minimum atomic E-state index is -0.0151. The summed E-state index contributed by atoms with van der Waals surface area (Å²) in [5, 5.41) is 3.42. The highest BCUT2D eigenvalue weighted by Gasteiger charge is 2.22. The Morgan fingerprint density at radius 2 is 2.44 bits per heavy atom. The first-order valence-electron chi connectivity index (χ1n) is 6.60. The zero-order valence-electron chi connectivity index (χ0n) is 10.8. The highest BCUT2D eigenvalue weighted by atomic mass is 16.2. The molecular weight excluding hydrogens is 228 g/mol. The van der Waals surface area contributed by atoms with Crippen molar-refractivity contribution >= 4 is 5.91 Å². The molecule has 0 saturated carbocycles. The summed E-state index contributed by atoms with van der Waals surface area (Å²) in [6.45, 7) is 4.68. The van der Waals surface area contributed by atoms with Gasteiger partial charge in [-0.15, -0.1) is 0 Å². The van der Waals surface area contributed by atoms with Gasteiger partial charge in [-0.1, -0.05) is 6.92 Å². The predicted molar refractivity (Wildman–Crippen MR) is 69.3 cm³/mol. The molecule has 1 unspecified atom stereocenters. The van der Waals surface area contributed by atoms with Gasteiger partial charge in [0.15, 0.2) is 0 Å². The van der Waals surface area contributed by atoms with Crippen LogP contribution in [-0.4, -0.2) is 46.5 Å². The van der Waals surface area contributed by atoms with Crippen LogP contribution in [0.5, 0.6) is 0 Å². The molecule has 0 aliphatic carbocycles. The van der Waals surface area contributed by atoms with Crippen LogP contribution in [0, 0.1) is 0 Å². The number of rotatable bonds is 5. The van der Waals surface area contributed by atoms with Crippen molar-refractivity contribution in [2.24, 2.45) is 0 Å². The number of amides is 1. The summed E-state index contributed by atoms with van der Waals surface area (Å²) < 4.78 is 0. The van der Waals surface area contributed by atoms with Gasteiger partial charge in [0.1, 0.15) is 5.69 Å². The molecule has 2 heterocycles. The second-order valence-electron chi connectivity index (χ2n) is 4.64. The number of hydrogen-bond acceptors (Lipinski definition) is 4. The highest BCUT2D eigenvalue weighted by Crippen LogP contribution is 2.09. The molecule has 1 N–H and O–H groups in total. The van der Waals surface area contributed by atoms with Crippen LogP contribution >= 0.6 is 0 Å². The van der Waals surface area contributed by atoms with Crippen LogP contribution in [0.4, 0.5) is 0 Å². The van der Waals surface area contributed by atoms with E-state index in [0.717, 1.165) is 32.5 Å². The average molecular weight is 248 g/mol. The summed E-state index contributed by atoms with van der Waals surface area (Å²) in [6, 6.07) is 0.428. The quantitative estimate of drug-likeness (QED) is 0.847. The third-order valence-corrected chi connectivity index (χ3v) is 3.17. The van der Waals surface area contributed by atoms with Gasteiger partial charge in [0.25, 0.3) is 5.91 Å². The normalized spacial score (nSPS) is 18.8. The van der Waals surface area contributed by atoms with Gasteiger partial charge in [-0.3, -0.25) is 9.78 Å². The van der Waals surface area contributed by atoms with Gasteiger partial charge in [0.05, 0.1) is 6.20 Å². The van der Waals surface area contributed by atoms with E-state index in [1.54, 1.807) is 12.4 Å². The van der Waals surface area contributed by atoms with E-state index in [9.17, 15) is 4.79 Å². The molecule has 5 heteroatoms. The summed E-state index contributed by atoms with van der Waals surface area (Å²) in [5.41, 5.74) is 0.434. The van der Waals surface area contributed by atoms with Crippen molar-refractivity contribution in [2.75, 3.05) is 19.6 Å². The monoisotopic (exact) mass is 248 g/mol. The molecule has 2 rings (SSSR count). The van der Waals surface area contributed by atoms with Crippen LogP contribution < -0.4 is 5.32 Å². The number of nitrogens with one attached hydrogen (secondary N) is 1. The molecule has 0 spiro atoms. The lowest BCUT2D eigenvalue weighted by Crippen LogP contribution is -2.41. The van der Waals surface area contributed by atoms with E-state index in [-0.39, 0.29) is 5.91 Å². The van der Waals surface area contributed by atoms with Crippen molar-refractivity contribution < 1.29 is 4.79 Å². The van der Waals surface area contributed by atoms with E-state index < -0.39 is 0 Å². The highest BCUT2D eigenvalue weighted by molar-refractivity contribution is 5.91. The first kappa shape index (κ1) is 13.0. The minimum Gasteiger partial charge on any atom is -0.336 e. The Morgan fingerprint density at radius 3 is 3.06 bits per heavy atom. The molecule has 1 aromatic heterocycles. The number of hydrogen-bond donors (Lipinski definition) is 1. The van der Waals surface area contributed by atoms with Gasteiger partial charge in [0, 0.05) is 31.5 Å². The van der Waals surface area contributed by atoms with E-state index >= 15 is 0 Å². The average Bonchev–Trinajstić information content (AvgIpc) is 2.91. The summed E-state index contributed by atoms with van der Waals surface area (Å²) in [4.78, 5) is 22.2. The van der Waals surface area contributed by atoms with Gasteiger partial charge in [-0.25, -0.2) is 4.98 Å². The van der Waals surface area contributed by atoms with Crippen molar-refractivity contribution in [1.29, 1.82) is 0 Å². The van der Waals surface area contributed by atoms with E-state index in [4.69, 9.17) is 0 Å². The fourth-order valence-electron chi connectivity index (χ4n) is 2.30. The Kier molecular flexibility index (Phi) is 4.64. The molecule has 5 nitrogen and oxygen atoms in total. The van der Waals surface area contributed by atoms with Gasteiger partial charge in [-0.05, 0) is 25.8 Å². The maximum Gasteiger partial charge on any atom is 0.274 e. The molecule has 1 aliphatic heterocycles. The van der Waals surface area contributed by atoms with Crippen molar-refractivity contribution in [3.63, 3.8) is 0 Å². The Balaban J connectivity index is 2.02. The van der Waals surface area contributed by atoms with Crippen LogP contribution in [-0.2, 0) is 0 Å². The molecule has 1 fully saturated rings. The minimum absolute atomic E-state index is 0.0151. The first-order valence-corrected chi connectivity index (χ1v) is 6.60. The smallest absolute Gasteiger partial charge is 0.274 e. The molecular formula is C13H20N4O. The zero-order valence-corrected chi connectivity index (χ0v) is 10.8. The molecule has 0 bridgehead atoms. The molecule has 98 valence electrons. The van der Waals surface area contributed by atoms with Crippen molar-refractivity contribution in [3.8, 4) is 0 Å². The predicted octanol–water partition coefficient (Wildman–Crippen LogP) is 1.08. The van der Waals surface area contributed by atoms with E-state index in [1.807, 2.05) is 4.90 Å². The molecule has 18 heavy (non-hydrogen) atoms. The molecule has 1 amide bonds. The number of carbonyl (C=O) groups is 1. The fraction of sp³-hybridized carbons (Fsp3) is 0.615. The standard InChI is InChI=1S/C13H20N4O/c1-2-8-17(10-11-4-3-5-15-11)13(18)12-9-14-6-7-16-12/h6-7,9,11,15H,2-5,8,10H2,1H3. The molecule has 1 saturated heterocycles. The van der Waals surface area contributed by atoms with E-state index in [1.165, 1.54) is 12.6 Å². The molecule has 1 atom stereocenters. The maximum absolute atomic E-state index is 12.3. The lowest BCUT2D eigenvalue weighted by molar-refractivity contribution is 0.0735. The first-order chi connectivity index (χ1) is 8.81. The lowest BCUT2D eigenvalue weighted by Gasteiger charge is -2.25. The summed E-state index contributed by atoms with van der Waals surface area (Å²) >= 11 is 0. The second kappa shape index (κ2) is 6.44. The lowest BCUT2D eigenvalue weighted by atomic mass is 10.2. The van der Waals surface area contributed by atoms with E-state index in [0.29, 0.717) is 11.7 Å². The Morgan fingerprint density at radius 1 is 1.56 bits per heavy atom. The summed E-state index contributed by atoms with van der Waals surface area (Å²) in [5.74, 6) is -0.0151. The third-order valence-electron chi connectivity index (χ3n) is 3.17. The van der Waals surface area contributed by atoms with Crippen molar-refractivity contribution in [1.82, 2.24) is 20.2 Å². The van der Waals surface area contributed by atoms with Gasteiger partial charge < -0.3 is 10.2 Å². The van der Waals surface area contributed by atoms with Gasteiger partial charge in [-0.2, -0.15) is 0 Å². The maximum atomic E-state index is 12.3. The zero-order chi connectivity index (χ0) is 12.8. The van der Waals surface area contributed by atoms with Crippen molar-refractivity contribution in [3.05, 3.63) is 24.3 Å². The van der Waals surface area contributed by atoms with Gasteiger partial charge in [0.2, 0.25) is 0 Å². The summed E-state index contributed by atoms with van der Waals surface area (Å²) in [6.07, 6.45) is 7.98. The Bertz CT molecular complexity index is 376. The van der Waals surface area contributed by atoms with E-state index in [2.05, 4.69) is 22.2 Å². The Hall–Kier alpha value is -1.49. The second-order valence-corrected chi connectivity index (χ2v) is 4.64. The van der Waals surface area contributed by atoms with Crippen LogP contribution in [0.3, 0.4) is 0 Å². The summed E-state index contributed by atoms with van der Waals surface area (Å²) in [7, 11) is 0.